The summed E-state index contributed by atoms with van der Waals surface area (Å²) in [5.41, 5.74) is 0.905. The molecule has 0 bridgehead atoms. The third kappa shape index (κ3) is 5.00. The summed E-state index contributed by atoms with van der Waals surface area (Å²) in [6, 6.07) is 10.1. The zero-order valence-corrected chi connectivity index (χ0v) is 14.7. The molecule has 2 aromatic carbocycles. The van der Waals surface area contributed by atoms with Crippen LogP contribution in [0.4, 0.5) is 9.57 Å². The predicted octanol–water partition coefficient (Wildman–Crippen LogP) is 1.43. The van der Waals surface area contributed by atoms with E-state index in [1.165, 1.54) is 19.2 Å². The van der Waals surface area contributed by atoms with Crippen LogP contribution in [0.25, 0.3) is 0 Å². The number of benzene rings is 2. The van der Waals surface area contributed by atoms with Crippen molar-refractivity contribution in [2.75, 3.05) is 11.8 Å². The molecule has 2 aromatic rings. The number of anilines is 1. The molecule has 0 aliphatic carbocycles. The van der Waals surface area contributed by atoms with Gasteiger partial charge in [0.25, 0.3) is 10.0 Å². The Morgan fingerprint density at radius 1 is 1.00 bits per heavy atom. The minimum Gasteiger partial charge on any atom is -0.359 e. The Labute approximate surface area is 145 Å². The second-order valence-electron chi connectivity index (χ2n) is 5.07. The molecule has 0 saturated carbocycles. The quantitative estimate of drug-likeness (QED) is 0.730. The van der Waals surface area contributed by atoms with E-state index < -0.39 is 25.1 Å². The zero-order valence-electron chi connectivity index (χ0n) is 13.1. The maximum atomic E-state index is 13.0. The second-order valence-corrected chi connectivity index (χ2v) is 8.09. The number of likely N-dealkylation sites (N-methyl/N-ethyl adjacent to an activating group) is 1. The van der Waals surface area contributed by atoms with E-state index in [2.05, 4.69) is 10.0 Å². The summed E-state index contributed by atoms with van der Waals surface area (Å²) < 4.78 is 61.7. The summed E-state index contributed by atoms with van der Waals surface area (Å²) >= 11 is 0. The largest absolute Gasteiger partial charge is 0.359 e. The summed E-state index contributed by atoms with van der Waals surface area (Å²) in [6.07, 6.45) is 0.153. The number of halogens is 1. The second kappa shape index (κ2) is 7.19. The van der Waals surface area contributed by atoms with Gasteiger partial charge in [-0.2, -0.15) is 8.42 Å². The molecule has 134 valence electrons. The van der Waals surface area contributed by atoms with Crippen molar-refractivity contribution >= 4 is 31.8 Å². The van der Waals surface area contributed by atoms with Gasteiger partial charge in [0.1, 0.15) is 0 Å². The van der Waals surface area contributed by atoms with Gasteiger partial charge in [0, 0.05) is 12.7 Å². The molecule has 0 aromatic heterocycles. The normalized spacial score (nSPS) is 11.8. The van der Waals surface area contributed by atoms with Gasteiger partial charge in [-0.1, -0.05) is 18.2 Å². The molecule has 25 heavy (non-hydrogen) atoms. The molecule has 0 unspecified atom stereocenters. The van der Waals surface area contributed by atoms with Gasteiger partial charge in [0.05, 0.1) is 16.2 Å². The Bertz CT molecular complexity index is 987. The highest BCUT2D eigenvalue weighted by Gasteiger charge is 2.19. The third-order valence-corrected chi connectivity index (χ3v) is 5.44. The molecule has 0 atom stereocenters. The van der Waals surface area contributed by atoms with E-state index >= 15 is 0 Å². The highest BCUT2D eigenvalue weighted by Crippen LogP contribution is 2.20. The predicted molar refractivity (Wildman–Crippen MR) is 89.8 cm³/mol. The van der Waals surface area contributed by atoms with Crippen LogP contribution in [0.2, 0.25) is 0 Å². The molecule has 2 N–H and O–H groups in total. The van der Waals surface area contributed by atoms with Crippen molar-refractivity contribution in [2.24, 2.45) is 0 Å². The lowest BCUT2D eigenvalue weighted by Gasteiger charge is -2.09. The van der Waals surface area contributed by atoms with E-state index in [1.807, 2.05) is 0 Å². The third-order valence-electron chi connectivity index (χ3n) is 3.25. The topological polar surface area (TPSA) is 109 Å². The average Bonchev–Trinajstić information content (AvgIpc) is 2.55. The molecule has 0 spiro atoms. The van der Waals surface area contributed by atoms with Crippen LogP contribution in [0.3, 0.4) is 0 Å². The standard InChI is InChI=1S/C15H15FN2O5S2/c1-17-15(19)9-11-5-7-12(8-6-11)18-25(22,23)14-4-2-3-13(10-14)24(16,20)21/h2-8,10,18H,9H2,1H3,(H,17,19). The van der Waals surface area contributed by atoms with Crippen molar-refractivity contribution in [1.82, 2.24) is 5.32 Å². The number of carbonyl (C=O) groups excluding carboxylic acids is 1. The first-order valence-corrected chi connectivity index (χ1v) is 9.85. The van der Waals surface area contributed by atoms with Gasteiger partial charge in [0.15, 0.2) is 0 Å². The fourth-order valence-electron chi connectivity index (χ4n) is 1.97. The Kier molecular flexibility index (Phi) is 5.43. The van der Waals surface area contributed by atoms with Crippen molar-refractivity contribution < 1.29 is 25.5 Å². The van der Waals surface area contributed by atoms with E-state index in [-0.39, 0.29) is 22.9 Å². The fraction of sp³-hybridized carbons (Fsp3) is 0.133. The van der Waals surface area contributed by atoms with Crippen LogP contribution in [0.15, 0.2) is 58.3 Å². The van der Waals surface area contributed by atoms with Crippen LogP contribution >= 0.6 is 0 Å². The van der Waals surface area contributed by atoms with Gasteiger partial charge in [0.2, 0.25) is 5.91 Å². The van der Waals surface area contributed by atoms with E-state index in [9.17, 15) is 25.5 Å². The van der Waals surface area contributed by atoms with Crippen molar-refractivity contribution in [1.29, 1.82) is 0 Å². The van der Waals surface area contributed by atoms with Crippen molar-refractivity contribution in [3.63, 3.8) is 0 Å². The van der Waals surface area contributed by atoms with Crippen molar-refractivity contribution in [3.8, 4) is 0 Å². The van der Waals surface area contributed by atoms with Crippen molar-refractivity contribution in [2.45, 2.75) is 16.2 Å². The summed E-state index contributed by atoms with van der Waals surface area (Å²) in [5, 5.41) is 2.48. The molecule has 10 heteroatoms. The van der Waals surface area contributed by atoms with E-state index in [0.29, 0.717) is 5.56 Å². The van der Waals surface area contributed by atoms with Gasteiger partial charge in [-0.25, -0.2) is 8.42 Å². The van der Waals surface area contributed by atoms with Gasteiger partial charge in [-0.3, -0.25) is 9.52 Å². The lowest BCUT2D eigenvalue weighted by Crippen LogP contribution is -2.19. The summed E-state index contributed by atoms with van der Waals surface area (Å²) in [5.74, 6) is -0.183. The number of rotatable bonds is 6. The lowest BCUT2D eigenvalue weighted by molar-refractivity contribution is -0.119. The Morgan fingerprint density at radius 3 is 2.16 bits per heavy atom. The molecule has 2 rings (SSSR count). The molecule has 0 heterocycles. The number of sulfonamides is 1. The molecule has 0 fully saturated rings. The monoisotopic (exact) mass is 386 g/mol. The van der Waals surface area contributed by atoms with Crippen molar-refractivity contribution in [3.05, 3.63) is 54.1 Å². The van der Waals surface area contributed by atoms with Crippen LogP contribution < -0.4 is 10.0 Å². The Balaban J connectivity index is 2.23. The zero-order chi connectivity index (χ0) is 18.7. The minimum atomic E-state index is -5.01. The van der Waals surface area contributed by atoms with Gasteiger partial charge in [-0.15, -0.1) is 3.89 Å². The van der Waals surface area contributed by atoms with Gasteiger partial charge >= 0.3 is 10.2 Å². The molecular formula is C15H15FN2O5S2. The minimum absolute atomic E-state index is 0.153. The first kappa shape index (κ1) is 18.9. The number of nitrogens with one attached hydrogen (secondary N) is 2. The SMILES string of the molecule is CNC(=O)Cc1ccc(NS(=O)(=O)c2cccc(S(=O)(=O)F)c2)cc1. The highest BCUT2D eigenvalue weighted by molar-refractivity contribution is 7.92. The van der Waals surface area contributed by atoms with Crippen LogP contribution in [-0.4, -0.2) is 29.8 Å². The number of carbonyl (C=O) groups is 1. The molecule has 0 aliphatic rings. The fourth-order valence-corrected chi connectivity index (χ4v) is 3.66. The first-order chi connectivity index (χ1) is 11.6. The smallest absolute Gasteiger partial charge is 0.332 e. The Hall–Kier alpha value is -2.46. The highest BCUT2D eigenvalue weighted by atomic mass is 32.3. The molecular weight excluding hydrogens is 371 g/mol. The molecule has 0 radical (unpaired) electrons. The maximum absolute atomic E-state index is 13.0. The van der Waals surface area contributed by atoms with Crippen LogP contribution in [-0.2, 0) is 31.5 Å². The molecule has 0 aliphatic heterocycles. The Morgan fingerprint density at radius 2 is 1.60 bits per heavy atom. The summed E-state index contributed by atoms with van der Waals surface area (Å²) in [7, 11) is -7.59. The average molecular weight is 386 g/mol. The van der Waals surface area contributed by atoms with Crippen LogP contribution in [0.1, 0.15) is 5.56 Å². The van der Waals surface area contributed by atoms with E-state index in [4.69, 9.17) is 0 Å². The van der Waals surface area contributed by atoms with Crippen LogP contribution in [0.5, 0.6) is 0 Å². The summed E-state index contributed by atoms with van der Waals surface area (Å²) in [6.45, 7) is 0. The van der Waals surface area contributed by atoms with Gasteiger partial charge in [-0.05, 0) is 35.9 Å². The van der Waals surface area contributed by atoms with E-state index in [1.54, 1.807) is 12.1 Å². The number of hydrogen-bond acceptors (Lipinski definition) is 5. The summed E-state index contributed by atoms with van der Waals surface area (Å²) in [4.78, 5) is 10.2. The van der Waals surface area contributed by atoms with Gasteiger partial charge < -0.3 is 5.32 Å². The number of amides is 1. The number of hydrogen-bond donors (Lipinski definition) is 2. The lowest BCUT2D eigenvalue weighted by atomic mass is 10.1. The molecule has 7 nitrogen and oxygen atoms in total. The molecule has 1 amide bonds. The molecule has 0 saturated heterocycles. The van der Waals surface area contributed by atoms with E-state index in [0.717, 1.165) is 24.3 Å². The maximum Gasteiger partial charge on any atom is 0.332 e. The van der Waals surface area contributed by atoms with Crippen LogP contribution in [0, 0.1) is 0 Å². The first-order valence-electron chi connectivity index (χ1n) is 6.99.